The Kier molecular flexibility index (Phi) is 2.11. The van der Waals surface area contributed by atoms with E-state index in [4.69, 9.17) is 5.73 Å². The second kappa shape index (κ2) is 2.87. The molecule has 0 aliphatic heterocycles. The fraction of sp³-hybridized carbons (Fsp3) is 0.143. The molecule has 0 heterocycles. The average Bonchev–Trinajstić information content (AvgIpc) is 1.97. The molecule has 2 N–H and O–H groups in total. The highest BCUT2D eigenvalue weighted by atomic mass is 79.9. The predicted octanol–water partition coefficient (Wildman–Crippen LogP) is 2.07. The lowest BCUT2D eigenvalue weighted by atomic mass is 10.3. The molecule has 9 heavy (non-hydrogen) atoms. The van der Waals surface area contributed by atoms with Crippen molar-refractivity contribution < 1.29 is 0 Å². The highest BCUT2D eigenvalue weighted by Gasteiger charge is 1.89. The van der Waals surface area contributed by atoms with E-state index in [2.05, 4.69) is 22.0 Å². The van der Waals surface area contributed by atoms with E-state index in [0.717, 1.165) is 16.6 Å². The molecule has 0 aromatic rings. The molecule has 1 aliphatic carbocycles. The van der Waals surface area contributed by atoms with Gasteiger partial charge in [-0.25, -0.2) is 0 Å². The molecule has 0 unspecified atom stereocenters. The molecule has 0 fully saturated rings. The summed E-state index contributed by atoms with van der Waals surface area (Å²) in [7, 11) is 0. The second-order valence-electron chi connectivity index (χ2n) is 1.86. The Bertz CT molecular complexity index is 169. The zero-order chi connectivity index (χ0) is 6.69. The molecule has 0 radical (unpaired) electrons. The van der Waals surface area contributed by atoms with Crippen LogP contribution in [0.4, 0.5) is 0 Å². The van der Waals surface area contributed by atoms with Gasteiger partial charge in [-0.1, -0.05) is 28.1 Å². The van der Waals surface area contributed by atoms with Crippen LogP contribution >= 0.6 is 15.9 Å². The summed E-state index contributed by atoms with van der Waals surface area (Å²) < 4.78 is 1.10. The van der Waals surface area contributed by atoms with E-state index in [-0.39, 0.29) is 0 Å². The van der Waals surface area contributed by atoms with Gasteiger partial charge in [0.05, 0.1) is 0 Å². The van der Waals surface area contributed by atoms with E-state index in [1.54, 1.807) is 0 Å². The zero-order valence-corrected chi connectivity index (χ0v) is 6.56. The Morgan fingerprint density at radius 1 is 1.33 bits per heavy atom. The van der Waals surface area contributed by atoms with Crippen molar-refractivity contribution in [1.82, 2.24) is 0 Å². The molecular weight excluding hydrogens is 178 g/mol. The highest BCUT2D eigenvalue weighted by Crippen LogP contribution is 2.12. The van der Waals surface area contributed by atoms with E-state index in [0.29, 0.717) is 0 Å². The van der Waals surface area contributed by atoms with Gasteiger partial charge in [0.25, 0.3) is 0 Å². The number of halogens is 1. The van der Waals surface area contributed by atoms with Crippen LogP contribution < -0.4 is 5.73 Å². The molecule has 0 saturated carbocycles. The number of hydrogen-bond donors (Lipinski definition) is 1. The van der Waals surface area contributed by atoms with Gasteiger partial charge in [-0.3, -0.25) is 0 Å². The Morgan fingerprint density at radius 3 is 2.89 bits per heavy atom. The van der Waals surface area contributed by atoms with Crippen LogP contribution in [0, 0.1) is 0 Å². The Hall–Kier alpha value is -0.500. The summed E-state index contributed by atoms with van der Waals surface area (Å²) in [5.41, 5.74) is 6.35. The Labute approximate surface area is 63.1 Å². The van der Waals surface area contributed by atoms with Crippen LogP contribution in [0.2, 0.25) is 0 Å². The number of nitrogens with two attached hydrogens (primary N) is 1. The smallest absolute Gasteiger partial charge is 0.0276 e. The first-order valence-electron chi connectivity index (χ1n) is 2.78. The van der Waals surface area contributed by atoms with E-state index in [9.17, 15) is 0 Å². The van der Waals surface area contributed by atoms with E-state index in [1.165, 1.54) is 0 Å². The molecular formula is C7H8BrN. The first-order chi connectivity index (χ1) is 4.29. The Balaban J connectivity index is 2.75. The topological polar surface area (TPSA) is 26.0 Å². The molecule has 0 aromatic heterocycles. The highest BCUT2D eigenvalue weighted by molar-refractivity contribution is 9.11. The lowest BCUT2D eigenvalue weighted by molar-refractivity contribution is 1.31. The lowest BCUT2D eigenvalue weighted by Crippen LogP contribution is -1.90. The molecule has 0 atom stereocenters. The third-order valence-electron chi connectivity index (χ3n) is 1.10. The van der Waals surface area contributed by atoms with Crippen LogP contribution in [0.1, 0.15) is 6.42 Å². The van der Waals surface area contributed by atoms with Gasteiger partial charge in [-0.15, -0.1) is 0 Å². The summed E-state index contributed by atoms with van der Waals surface area (Å²) in [6, 6.07) is 0. The summed E-state index contributed by atoms with van der Waals surface area (Å²) in [4.78, 5) is 0. The van der Waals surface area contributed by atoms with Crippen molar-refractivity contribution in [3.63, 3.8) is 0 Å². The van der Waals surface area contributed by atoms with Crippen molar-refractivity contribution in [2.24, 2.45) is 5.73 Å². The molecule has 0 amide bonds. The standard InChI is InChI=1S/C7H8BrN/c8-6-2-1-3-7(9)5-4-6/h2-5H,1,9H2. The minimum Gasteiger partial charge on any atom is -0.399 e. The van der Waals surface area contributed by atoms with Crippen molar-refractivity contribution in [3.8, 4) is 0 Å². The summed E-state index contributed by atoms with van der Waals surface area (Å²) >= 11 is 3.35. The van der Waals surface area contributed by atoms with E-state index >= 15 is 0 Å². The quantitative estimate of drug-likeness (QED) is 0.615. The van der Waals surface area contributed by atoms with Crippen LogP contribution in [-0.4, -0.2) is 0 Å². The zero-order valence-electron chi connectivity index (χ0n) is 4.97. The molecule has 0 bridgehead atoms. The van der Waals surface area contributed by atoms with E-state index < -0.39 is 0 Å². The molecule has 0 spiro atoms. The summed E-state index contributed by atoms with van der Waals surface area (Å²) in [5.74, 6) is 0. The summed E-state index contributed by atoms with van der Waals surface area (Å²) in [6.45, 7) is 0. The number of allylic oxidation sites excluding steroid dienone is 5. The predicted molar refractivity (Wildman–Crippen MR) is 43.0 cm³/mol. The Morgan fingerprint density at radius 2 is 2.11 bits per heavy atom. The molecule has 2 heteroatoms. The number of hydrogen-bond acceptors (Lipinski definition) is 1. The van der Waals surface area contributed by atoms with Gasteiger partial charge in [0.2, 0.25) is 0 Å². The third-order valence-corrected chi connectivity index (χ3v) is 1.69. The van der Waals surface area contributed by atoms with E-state index in [1.807, 2.05) is 18.2 Å². The minimum atomic E-state index is 0.834. The second-order valence-corrected chi connectivity index (χ2v) is 2.78. The van der Waals surface area contributed by atoms with Gasteiger partial charge >= 0.3 is 0 Å². The fourth-order valence-electron chi connectivity index (χ4n) is 0.620. The molecule has 48 valence electrons. The van der Waals surface area contributed by atoms with Crippen molar-refractivity contribution in [1.29, 1.82) is 0 Å². The van der Waals surface area contributed by atoms with Crippen molar-refractivity contribution in [3.05, 3.63) is 34.5 Å². The fourth-order valence-corrected chi connectivity index (χ4v) is 0.939. The maximum Gasteiger partial charge on any atom is 0.0276 e. The van der Waals surface area contributed by atoms with Crippen molar-refractivity contribution >= 4 is 15.9 Å². The van der Waals surface area contributed by atoms with Gasteiger partial charge in [-0.2, -0.15) is 0 Å². The first-order valence-corrected chi connectivity index (χ1v) is 3.58. The largest absolute Gasteiger partial charge is 0.399 e. The average molecular weight is 186 g/mol. The van der Waals surface area contributed by atoms with Crippen molar-refractivity contribution in [2.45, 2.75) is 6.42 Å². The maximum absolute atomic E-state index is 5.52. The van der Waals surface area contributed by atoms with Crippen LogP contribution in [0.25, 0.3) is 0 Å². The molecule has 1 aliphatic rings. The summed E-state index contributed by atoms with van der Waals surface area (Å²) in [5, 5.41) is 0. The number of rotatable bonds is 0. The van der Waals surface area contributed by atoms with Gasteiger partial charge in [-0.05, 0) is 18.6 Å². The van der Waals surface area contributed by atoms with Crippen LogP contribution in [0.3, 0.4) is 0 Å². The van der Waals surface area contributed by atoms with Gasteiger partial charge < -0.3 is 5.73 Å². The summed E-state index contributed by atoms with van der Waals surface area (Å²) in [6.07, 6.45) is 8.78. The molecule has 1 rings (SSSR count). The van der Waals surface area contributed by atoms with Crippen LogP contribution in [0.15, 0.2) is 34.5 Å². The van der Waals surface area contributed by atoms with Gasteiger partial charge in [0.1, 0.15) is 0 Å². The maximum atomic E-state index is 5.52. The molecule has 0 aromatic carbocycles. The van der Waals surface area contributed by atoms with Crippen molar-refractivity contribution in [2.75, 3.05) is 0 Å². The SMILES string of the molecule is NC1=CCC=C(Br)C=C1. The lowest BCUT2D eigenvalue weighted by Gasteiger charge is -1.84. The normalized spacial score (nSPS) is 18.3. The first kappa shape index (κ1) is 6.62. The van der Waals surface area contributed by atoms with Crippen LogP contribution in [-0.2, 0) is 0 Å². The van der Waals surface area contributed by atoms with Gasteiger partial charge in [0.15, 0.2) is 0 Å². The minimum absolute atomic E-state index is 0.834. The molecule has 0 saturated heterocycles. The monoisotopic (exact) mass is 185 g/mol. The van der Waals surface area contributed by atoms with Gasteiger partial charge in [0, 0.05) is 10.2 Å². The third kappa shape index (κ3) is 2.06. The van der Waals surface area contributed by atoms with Crippen LogP contribution in [0.5, 0.6) is 0 Å². The molecule has 1 nitrogen and oxygen atoms in total.